The predicted molar refractivity (Wildman–Crippen MR) is 112 cm³/mol. The number of Topliss-reactive ketones (excluding diaryl/α,β-unsaturated/α-hetero) is 1. The second kappa shape index (κ2) is 9.10. The summed E-state index contributed by atoms with van der Waals surface area (Å²) in [6, 6.07) is 16.5. The van der Waals surface area contributed by atoms with E-state index in [1.165, 1.54) is 18.3 Å². The zero-order valence-electron chi connectivity index (χ0n) is 15.5. The number of hydrogen-bond donors (Lipinski definition) is 0. The van der Waals surface area contributed by atoms with E-state index in [4.69, 9.17) is 4.74 Å². The third-order valence-electron chi connectivity index (χ3n) is 4.03. The van der Waals surface area contributed by atoms with E-state index >= 15 is 0 Å². The molecule has 6 heteroatoms. The number of carbonyl (C=O) groups excluding carboxylic acids is 2. The van der Waals surface area contributed by atoms with Gasteiger partial charge in [0.25, 0.3) is 5.91 Å². The maximum atomic E-state index is 12.7. The molecule has 0 saturated heterocycles. The molecule has 0 N–H and O–H groups in total. The number of nitrogens with zero attached hydrogens (tertiary/aromatic N) is 2. The summed E-state index contributed by atoms with van der Waals surface area (Å²) >= 11 is 1.40. The van der Waals surface area contributed by atoms with Crippen molar-refractivity contribution >= 4 is 28.2 Å². The zero-order valence-corrected chi connectivity index (χ0v) is 16.3. The first-order valence-corrected chi connectivity index (χ1v) is 9.62. The van der Waals surface area contributed by atoms with E-state index in [2.05, 4.69) is 11.6 Å². The van der Waals surface area contributed by atoms with Crippen LogP contribution in [0.5, 0.6) is 5.75 Å². The molecular weight excluding hydrogens is 372 g/mol. The van der Waals surface area contributed by atoms with Gasteiger partial charge in [0.2, 0.25) is 0 Å². The highest BCUT2D eigenvalue weighted by Gasteiger charge is 2.19. The Bertz CT molecular complexity index is 965. The number of anilines is 1. The molecule has 0 bridgehead atoms. The molecule has 3 rings (SSSR count). The molecule has 0 aliphatic rings. The summed E-state index contributed by atoms with van der Waals surface area (Å²) in [5.41, 5.74) is 2.42. The Morgan fingerprint density at radius 1 is 1.14 bits per heavy atom. The van der Waals surface area contributed by atoms with Crippen LogP contribution in [0.1, 0.15) is 17.3 Å². The van der Waals surface area contributed by atoms with Crippen molar-refractivity contribution in [3.63, 3.8) is 0 Å². The van der Waals surface area contributed by atoms with Crippen molar-refractivity contribution in [2.75, 3.05) is 18.1 Å². The van der Waals surface area contributed by atoms with Crippen LogP contribution in [0.15, 0.2) is 72.6 Å². The molecular formula is C22H20N2O3S. The van der Waals surface area contributed by atoms with E-state index in [1.54, 1.807) is 35.2 Å². The number of hydrogen-bond acceptors (Lipinski definition) is 5. The van der Waals surface area contributed by atoms with Gasteiger partial charge in [0, 0.05) is 23.1 Å². The molecule has 0 saturated carbocycles. The van der Waals surface area contributed by atoms with Crippen molar-refractivity contribution in [1.82, 2.24) is 4.98 Å². The Morgan fingerprint density at radius 2 is 1.86 bits per heavy atom. The van der Waals surface area contributed by atoms with E-state index in [1.807, 2.05) is 35.7 Å². The first-order chi connectivity index (χ1) is 13.6. The molecule has 2 aromatic carbocycles. The average Bonchev–Trinajstić information content (AvgIpc) is 3.21. The summed E-state index contributed by atoms with van der Waals surface area (Å²) in [6.45, 7) is 5.44. The fraction of sp³-hybridized carbons (Fsp3) is 0.136. The molecule has 0 aliphatic carbocycles. The van der Waals surface area contributed by atoms with E-state index < -0.39 is 0 Å². The Labute approximate surface area is 167 Å². The van der Waals surface area contributed by atoms with Gasteiger partial charge in [-0.3, -0.25) is 14.5 Å². The Morgan fingerprint density at radius 3 is 2.50 bits per heavy atom. The number of rotatable bonds is 8. The van der Waals surface area contributed by atoms with E-state index in [9.17, 15) is 9.59 Å². The Kier molecular flexibility index (Phi) is 6.34. The summed E-state index contributed by atoms with van der Waals surface area (Å²) in [6.07, 6.45) is 1.66. The lowest BCUT2D eigenvalue weighted by molar-refractivity contribution is -0.120. The molecule has 142 valence electrons. The molecule has 0 spiro atoms. The fourth-order valence-corrected chi connectivity index (χ4v) is 3.41. The second-order valence-electron chi connectivity index (χ2n) is 6.04. The summed E-state index contributed by atoms with van der Waals surface area (Å²) < 4.78 is 5.58. The second-order valence-corrected chi connectivity index (χ2v) is 6.88. The van der Waals surface area contributed by atoms with Crippen LogP contribution in [-0.4, -0.2) is 29.8 Å². The number of aromatic nitrogens is 1. The molecule has 28 heavy (non-hydrogen) atoms. The average molecular weight is 392 g/mol. The first-order valence-electron chi connectivity index (χ1n) is 8.74. The Hall–Kier alpha value is -3.25. The normalized spacial score (nSPS) is 10.3. The van der Waals surface area contributed by atoms with Crippen LogP contribution in [-0.2, 0) is 4.79 Å². The van der Waals surface area contributed by atoms with Gasteiger partial charge in [0.1, 0.15) is 5.75 Å². The van der Waals surface area contributed by atoms with Crippen molar-refractivity contribution < 1.29 is 14.3 Å². The number of benzene rings is 2. The smallest absolute Gasteiger partial charge is 0.266 e. The third kappa shape index (κ3) is 4.72. The minimum Gasteiger partial charge on any atom is -0.484 e. The van der Waals surface area contributed by atoms with Gasteiger partial charge in [-0.2, -0.15) is 0 Å². The molecule has 1 heterocycles. The number of carbonyl (C=O) groups is 2. The minimum atomic E-state index is -0.218. The van der Waals surface area contributed by atoms with Crippen LogP contribution in [0, 0.1) is 0 Å². The highest BCUT2D eigenvalue weighted by atomic mass is 32.1. The van der Waals surface area contributed by atoms with Gasteiger partial charge < -0.3 is 4.74 Å². The molecule has 3 aromatic rings. The molecule has 0 radical (unpaired) electrons. The van der Waals surface area contributed by atoms with Gasteiger partial charge in [0.15, 0.2) is 17.5 Å². The van der Waals surface area contributed by atoms with Crippen molar-refractivity contribution in [3.8, 4) is 17.0 Å². The van der Waals surface area contributed by atoms with Gasteiger partial charge in [-0.15, -0.1) is 17.9 Å². The molecule has 0 fully saturated rings. The summed E-state index contributed by atoms with van der Waals surface area (Å²) in [5.74, 6) is 0.295. The van der Waals surface area contributed by atoms with Gasteiger partial charge in [-0.05, 0) is 31.2 Å². The summed E-state index contributed by atoms with van der Waals surface area (Å²) in [5, 5.41) is 2.52. The van der Waals surface area contributed by atoms with Crippen LogP contribution in [0.25, 0.3) is 11.3 Å². The molecule has 5 nitrogen and oxygen atoms in total. The highest BCUT2D eigenvalue weighted by Crippen LogP contribution is 2.27. The van der Waals surface area contributed by atoms with Crippen LogP contribution >= 0.6 is 11.3 Å². The van der Waals surface area contributed by atoms with Crippen LogP contribution in [0.4, 0.5) is 5.13 Å². The molecule has 1 aromatic heterocycles. The summed E-state index contributed by atoms with van der Waals surface area (Å²) in [4.78, 5) is 30.2. The highest BCUT2D eigenvalue weighted by molar-refractivity contribution is 7.14. The van der Waals surface area contributed by atoms with Crippen LogP contribution < -0.4 is 9.64 Å². The number of thiazole rings is 1. The topological polar surface area (TPSA) is 59.5 Å². The SMILES string of the molecule is C=CCN(C(=O)COc1ccc(C(C)=O)cc1)c1nc(-c2ccccc2)cs1. The van der Waals surface area contributed by atoms with Crippen molar-refractivity contribution in [2.45, 2.75) is 6.92 Å². The van der Waals surface area contributed by atoms with Crippen molar-refractivity contribution in [2.24, 2.45) is 0 Å². The van der Waals surface area contributed by atoms with Crippen molar-refractivity contribution in [3.05, 3.63) is 78.2 Å². The Balaban J connectivity index is 1.69. The van der Waals surface area contributed by atoms with E-state index in [0.717, 1.165) is 11.3 Å². The largest absolute Gasteiger partial charge is 0.484 e. The lowest BCUT2D eigenvalue weighted by Gasteiger charge is -2.18. The molecule has 0 unspecified atom stereocenters. The predicted octanol–water partition coefficient (Wildman–Crippen LogP) is 4.61. The fourth-order valence-electron chi connectivity index (χ4n) is 2.55. The van der Waals surface area contributed by atoms with Gasteiger partial charge in [-0.25, -0.2) is 4.98 Å². The maximum absolute atomic E-state index is 12.7. The molecule has 1 amide bonds. The van der Waals surface area contributed by atoms with Crippen LogP contribution in [0.3, 0.4) is 0 Å². The molecule has 0 atom stereocenters. The van der Waals surface area contributed by atoms with E-state index in [0.29, 0.717) is 23.0 Å². The lowest BCUT2D eigenvalue weighted by Crippen LogP contribution is -2.35. The van der Waals surface area contributed by atoms with E-state index in [-0.39, 0.29) is 18.3 Å². The number of amides is 1. The quantitative estimate of drug-likeness (QED) is 0.415. The standard InChI is InChI=1S/C22H20N2O3S/c1-3-13-24(22-23-20(15-28-22)18-7-5-4-6-8-18)21(26)14-27-19-11-9-17(10-12-19)16(2)25/h3-12,15H,1,13-14H2,2H3. The van der Waals surface area contributed by atoms with Gasteiger partial charge in [0.05, 0.1) is 5.69 Å². The zero-order chi connectivity index (χ0) is 19.9. The number of ketones is 1. The number of ether oxygens (including phenoxy) is 1. The monoisotopic (exact) mass is 392 g/mol. The maximum Gasteiger partial charge on any atom is 0.266 e. The first kappa shape index (κ1) is 19.5. The van der Waals surface area contributed by atoms with Crippen molar-refractivity contribution in [1.29, 1.82) is 0 Å². The lowest BCUT2D eigenvalue weighted by atomic mass is 10.1. The summed E-state index contributed by atoms with van der Waals surface area (Å²) in [7, 11) is 0. The van der Waals surface area contributed by atoms with Crippen LogP contribution in [0.2, 0.25) is 0 Å². The van der Waals surface area contributed by atoms with Gasteiger partial charge >= 0.3 is 0 Å². The van der Waals surface area contributed by atoms with Gasteiger partial charge in [-0.1, -0.05) is 36.4 Å². The third-order valence-corrected chi connectivity index (χ3v) is 4.89. The minimum absolute atomic E-state index is 0.0159. The molecule has 0 aliphatic heterocycles.